The van der Waals surface area contributed by atoms with Gasteiger partial charge in [0.2, 0.25) is 5.91 Å². The lowest BCUT2D eigenvalue weighted by Gasteiger charge is -2.13. The van der Waals surface area contributed by atoms with Crippen LogP contribution in [0.1, 0.15) is 19.3 Å². The minimum atomic E-state index is -0.293. The molecule has 0 unspecified atom stereocenters. The van der Waals surface area contributed by atoms with E-state index in [2.05, 4.69) is 26.6 Å². The average Bonchev–Trinajstić information content (AvgIpc) is 3.07. The van der Waals surface area contributed by atoms with Gasteiger partial charge in [-0.25, -0.2) is 0 Å². The molecule has 2 N–H and O–H groups in total. The molecule has 5 heteroatoms. The van der Waals surface area contributed by atoms with Crippen LogP contribution in [0.5, 0.6) is 0 Å². The van der Waals surface area contributed by atoms with Crippen LogP contribution in [0.25, 0.3) is 0 Å². The Kier molecular flexibility index (Phi) is 3.64. The second-order valence-electron chi connectivity index (χ2n) is 3.96. The molecule has 1 fully saturated rings. The first kappa shape index (κ1) is 11.9. The minimum absolute atomic E-state index is 0.135. The number of nitrogens with one attached hydrogen (secondary N) is 2. The SMILES string of the molecule is N#CCC(=O)Nc1c(Br)cccc1NC1CC1. The number of para-hydroxylation sites is 1. The lowest BCUT2D eigenvalue weighted by molar-refractivity contribution is -0.115. The van der Waals surface area contributed by atoms with E-state index in [9.17, 15) is 4.79 Å². The van der Waals surface area contributed by atoms with E-state index in [-0.39, 0.29) is 12.3 Å². The number of benzene rings is 1. The highest BCUT2D eigenvalue weighted by Crippen LogP contribution is 2.34. The number of amides is 1. The summed E-state index contributed by atoms with van der Waals surface area (Å²) in [6, 6.07) is 8.04. The average molecular weight is 294 g/mol. The Hall–Kier alpha value is -1.54. The molecule has 1 saturated carbocycles. The molecule has 0 atom stereocenters. The Morgan fingerprint density at radius 3 is 2.94 bits per heavy atom. The number of anilines is 2. The fourth-order valence-corrected chi connectivity index (χ4v) is 1.94. The predicted molar refractivity (Wildman–Crippen MR) is 69.6 cm³/mol. The summed E-state index contributed by atoms with van der Waals surface area (Å²) in [6.07, 6.45) is 2.19. The Labute approximate surface area is 108 Å². The van der Waals surface area contributed by atoms with E-state index in [0.717, 1.165) is 23.0 Å². The van der Waals surface area contributed by atoms with Crippen LogP contribution in [0.3, 0.4) is 0 Å². The third-order valence-corrected chi connectivity index (χ3v) is 3.12. The number of nitriles is 1. The van der Waals surface area contributed by atoms with E-state index in [0.29, 0.717) is 11.7 Å². The highest BCUT2D eigenvalue weighted by atomic mass is 79.9. The largest absolute Gasteiger partial charge is 0.381 e. The first-order valence-electron chi connectivity index (χ1n) is 5.42. The minimum Gasteiger partial charge on any atom is -0.381 e. The van der Waals surface area contributed by atoms with Crippen molar-refractivity contribution in [3.63, 3.8) is 0 Å². The van der Waals surface area contributed by atoms with Crippen LogP contribution in [-0.4, -0.2) is 11.9 Å². The summed E-state index contributed by atoms with van der Waals surface area (Å²) < 4.78 is 0.814. The van der Waals surface area contributed by atoms with E-state index in [1.54, 1.807) is 0 Å². The lowest BCUT2D eigenvalue weighted by atomic mass is 10.2. The van der Waals surface area contributed by atoms with Gasteiger partial charge in [-0.3, -0.25) is 4.79 Å². The second kappa shape index (κ2) is 5.19. The van der Waals surface area contributed by atoms with Crippen molar-refractivity contribution >= 4 is 33.2 Å². The van der Waals surface area contributed by atoms with Gasteiger partial charge < -0.3 is 10.6 Å². The third kappa shape index (κ3) is 3.21. The molecule has 1 aliphatic carbocycles. The quantitative estimate of drug-likeness (QED) is 0.897. The van der Waals surface area contributed by atoms with Gasteiger partial charge in [0.15, 0.2) is 0 Å². The molecule has 88 valence electrons. The van der Waals surface area contributed by atoms with Crippen LogP contribution in [-0.2, 0) is 4.79 Å². The predicted octanol–water partition coefficient (Wildman–Crippen LogP) is 2.88. The van der Waals surface area contributed by atoms with Crippen molar-refractivity contribution in [1.29, 1.82) is 5.26 Å². The Morgan fingerprint density at radius 1 is 1.53 bits per heavy atom. The number of carbonyl (C=O) groups excluding carboxylic acids is 1. The van der Waals surface area contributed by atoms with Gasteiger partial charge in [-0.2, -0.15) is 5.26 Å². The molecule has 4 nitrogen and oxygen atoms in total. The van der Waals surface area contributed by atoms with Crippen LogP contribution < -0.4 is 10.6 Å². The molecule has 0 spiro atoms. The molecule has 0 aromatic heterocycles. The Morgan fingerprint density at radius 2 is 2.29 bits per heavy atom. The summed E-state index contributed by atoms with van der Waals surface area (Å²) in [7, 11) is 0. The topological polar surface area (TPSA) is 64.9 Å². The van der Waals surface area contributed by atoms with E-state index in [4.69, 9.17) is 5.26 Å². The summed E-state index contributed by atoms with van der Waals surface area (Å²) in [5.41, 5.74) is 1.60. The van der Waals surface area contributed by atoms with Crippen LogP contribution in [0.15, 0.2) is 22.7 Å². The van der Waals surface area contributed by atoms with Gasteiger partial charge in [-0.1, -0.05) is 6.07 Å². The highest BCUT2D eigenvalue weighted by molar-refractivity contribution is 9.10. The summed E-state index contributed by atoms with van der Waals surface area (Å²) in [5, 5.41) is 14.6. The summed E-state index contributed by atoms with van der Waals surface area (Å²) in [4.78, 5) is 11.4. The molecule has 0 heterocycles. The molecule has 0 aliphatic heterocycles. The molecular formula is C12H12BrN3O. The zero-order valence-corrected chi connectivity index (χ0v) is 10.8. The molecule has 2 rings (SSSR count). The number of nitrogens with zero attached hydrogens (tertiary/aromatic N) is 1. The van der Waals surface area contributed by atoms with E-state index in [1.807, 2.05) is 24.3 Å². The maximum Gasteiger partial charge on any atom is 0.238 e. The zero-order chi connectivity index (χ0) is 12.3. The fourth-order valence-electron chi connectivity index (χ4n) is 1.47. The van der Waals surface area contributed by atoms with Gasteiger partial charge in [-0.15, -0.1) is 0 Å². The monoisotopic (exact) mass is 293 g/mol. The van der Waals surface area contributed by atoms with Gasteiger partial charge in [0.1, 0.15) is 6.42 Å². The fraction of sp³-hybridized carbons (Fsp3) is 0.333. The first-order chi connectivity index (χ1) is 8.20. The first-order valence-corrected chi connectivity index (χ1v) is 6.22. The van der Waals surface area contributed by atoms with Gasteiger partial charge in [0.25, 0.3) is 0 Å². The molecule has 0 radical (unpaired) electrons. The summed E-state index contributed by atoms with van der Waals surface area (Å²) in [5.74, 6) is -0.293. The molecule has 17 heavy (non-hydrogen) atoms. The highest BCUT2D eigenvalue weighted by Gasteiger charge is 2.22. The molecule has 1 aromatic rings. The van der Waals surface area contributed by atoms with E-state index >= 15 is 0 Å². The third-order valence-electron chi connectivity index (χ3n) is 2.45. The van der Waals surface area contributed by atoms with Gasteiger partial charge in [0, 0.05) is 10.5 Å². The molecule has 0 bridgehead atoms. The number of hydrogen-bond donors (Lipinski definition) is 2. The number of rotatable bonds is 4. The second-order valence-corrected chi connectivity index (χ2v) is 4.82. The molecule has 1 aromatic carbocycles. The zero-order valence-electron chi connectivity index (χ0n) is 9.16. The standard InChI is InChI=1S/C12H12BrN3O/c13-9-2-1-3-10(15-8-4-5-8)12(9)16-11(17)6-7-14/h1-3,8,15H,4-6H2,(H,16,17). The van der Waals surface area contributed by atoms with Crippen LogP contribution in [0.2, 0.25) is 0 Å². The number of hydrogen-bond acceptors (Lipinski definition) is 3. The van der Waals surface area contributed by atoms with Crippen molar-refractivity contribution in [3.8, 4) is 6.07 Å². The van der Waals surface area contributed by atoms with Gasteiger partial charge in [0.05, 0.1) is 17.4 Å². The van der Waals surface area contributed by atoms with Crippen molar-refractivity contribution in [3.05, 3.63) is 22.7 Å². The number of halogens is 1. The van der Waals surface area contributed by atoms with Crippen LogP contribution in [0.4, 0.5) is 11.4 Å². The van der Waals surface area contributed by atoms with Crippen molar-refractivity contribution in [2.24, 2.45) is 0 Å². The number of carbonyl (C=O) groups is 1. The maximum atomic E-state index is 11.4. The Balaban J connectivity index is 2.17. The van der Waals surface area contributed by atoms with Crippen LogP contribution in [0, 0.1) is 11.3 Å². The smallest absolute Gasteiger partial charge is 0.238 e. The Bertz CT molecular complexity index is 477. The lowest BCUT2D eigenvalue weighted by Crippen LogP contribution is -2.13. The van der Waals surface area contributed by atoms with Crippen LogP contribution >= 0.6 is 15.9 Å². The summed E-state index contributed by atoms with van der Waals surface area (Å²) in [6.45, 7) is 0. The van der Waals surface area contributed by atoms with Crippen molar-refractivity contribution in [2.45, 2.75) is 25.3 Å². The maximum absolute atomic E-state index is 11.4. The molecule has 1 aliphatic rings. The molecular weight excluding hydrogens is 282 g/mol. The van der Waals surface area contributed by atoms with Crippen molar-refractivity contribution in [1.82, 2.24) is 0 Å². The molecule has 0 saturated heterocycles. The summed E-state index contributed by atoms with van der Waals surface area (Å²) >= 11 is 3.40. The van der Waals surface area contributed by atoms with Gasteiger partial charge in [-0.05, 0) is 40.9 Å². The normalized spacial score (nSPS) is 13.9. The molecule has 1 amide bonds. The van der Waals surface area contributed by atoms with E-state index < -0.39 is 0 Å². The van der Waals surface area contributed by atoms with Gasteiger partial charge >= 0.3 is 0 Å². The van der Waals surface area contributed by atoms with E-state index in [1.165, 1.54) is 0 Å². The van der Waals surface area contributed by atoms with Crippen molar-refractivity contribution < 1.29 is 4.79 Å². The van der Waals surface area contributed by atoms with Crippen molar-refractivity contribution in [2.75, 3.05) is 10.6 Å².